The minimum Gasteiger partial charge on any atom is -0.380 e. The smallest absolute Gasteiger partial charge is 0.278 e. The van der Waals surface area contributed by atoms with E-state index in [4.69, 9.17) is 9.94 Å². The molecule has 1 fully saturated rings. The fraction of sp³-hybridized carbons (Fsp3) is 0.400. The second-order valence-electron chi connectivity index (χ2n) is 8.47. The third-order valence-electron chi connectivity index (χ3n) is 6.33. The Hall–Kier alpha value is -3.27. The molecule has 9 nitrogen and oxygen atoms in total. The molecule has 0 bridgehead atoms. The van der Waals surface area contributed by atoms with Crippen LogP contribution in [-0.2, 0) is 20.9 Å². The lowest BCUT2D eigenvalue weighted by Gasteiger charge is -2.34. The van der Waals surface area contributed by atoms with Gasteiger partial charge >= 0.3 is 0 Å². The van der Waals surface area contributed by atoms with Gasteiger partial charge in [-0.05, 0) is 42.2 Å². The van der Waals surface area contributed by atoms with E-state index in [0.29, 0.717) is 5.56 Å². The van der Waals surface area contributed by atoms with Gasteiger partial charge in [-0.15, -0.1) is 0 Å². The molecule has 182 valence electrons. The van der Waals surface area contributed by atoms with Gasteiger partial charge in [0.2, 0.25) is 0 Å². The summed E-state index contributed by atoms with van der Waals surface area (Å²) in [4.78, 5) is 40.9. The van der Waals surface area contributed by atoms with Crippen LogP contribution in [0.4, 0.5) is 0 Å². The van der Waals surface area contributed by atoms with Crippen molar-refractivity contribution in [3.05, 3.63) is 59.7 Å². The van der Waals surface area contributed by atoms with Crippen molar-refractivity contribution in [1.29, 1.82) is 0 Å². The van der Waals surface area contributed by atoms with E-state index in [0.717, 1.165) is 55.3 Å². The van der Waals surface area contributed by atoms with Crippen LogP contribution in [0.2, 0.25) is 0 Å². The quantitative estimate of drug-likeness (QED) is 0.324. The van der Waals surface area contributed by atoms with Gasteiger partial charge in [-0.1, -0.05) is 36.4 Å². The first-order valence-electron chi connectivity index (χ1n) is 11.3. The Morgan fingerprint density at radius 2 is 1.62 bits per heavy atom. The second-order valence-corrected chi connectivity index (χ2v) is 8.47. The zero-order chi connectivity index (χ0) is 24.7. The molecule has 1 aliphatic rings. The average molecular weight is 469 g/mol. The van der Waals surface area contributed by atoms with Gasteiger partial charge in [-0.3, -0.25) is 24.5 Å². The van der Waals surface area contributed by atoms with Crippen molar-refractivity contribution >= 4 is 17.7 Å². The number of benzene rings is 2. The highest BCUT2D eigenvalue weighted by atomic mass is 16.5. The lowest BCUT2D eigenvalue weighted by atomic mass is 9.96. The molecule has 1 atom stereocenters. The van der Waals surface area contributed by atoms with Crippen molar-refractivity contribution in [2.75, 3.05) is 40.4 Å². The maximum Gasteiger partial charge on any atom is 0.278 e. The molecule has 1 saturated heterocycles. The summed E-state index contributed by atoms with van der Waals surface area (Å²) in [6.07, 6.45) is 1.05. The maximum atomic E-state index is 13.0. The van der Waals surface area contributed by atoms with Crippen molar-refractivity contribution < 1.29 is 24.3 Å². The van der Waals surface area contributed by atoms with E-state index in [9.17, 15) is 14.4 Å². The number of ether oxygens (including phenoxy) is 1. The van der Waals surface area contributed by atoms with Gasteiger partial charge in [-0.2, -0.15) is 0 Å². The molecular formula is C25H32N4O5. The first kappa shape index (κ1) is 25.4. The van der Waals surface area contributed by atoms with Gasteiger partial charge in [0, 0.05) is 45.9 Å². The summed E-state index contributed by atoms with van der Waals surface area (Å²) >= 11 is 0. The summed E-state index contributed by atoms with van der Waals surface area (Å²) in [6.45, 7) is 5.71. The van der Waals surface area contributed by atoms with Crippen LogP contribution in [0.1, 0.15) is 29.3 Å². The summed E-state index contributed by atoms with van der Waals surface area (Å²) in [7, 11) is 2.70. The molecule has 0 radical (unpaired) electrons. The fourth-order valence-electron chi connectivity index (χ4n) is 3.98. The second kappa shape index (κ2) is 11.2. The molecule has 1 heterocycles. The normalized spacial score (nSPS) is 16.1. The highest BCUT2D eigenvalue weighted by Crippen LogP contribution is 2.23. The number of nitrogens with zero attached hydrogens (tertiary/aromatic N) is 2. The number of rotatable bonds is 7. The molecule has 34 heavy (non-hydrogen) atoms. The molecule has 1 aliphatic heterocycles. The molecular weight excluding hydrogens is 436 g/mol. The minimum absolute atomic E-state index is 0.312. The Labute approximate surface area is 199 Å². The third-order valence-corrected chi connectivity index (χ3v) is 6.33. The molecule has 0 spiro atoms. The number of likely N-dealkylation sites (N-methyl/N-ethyl adjacent to an activating group) is 2. The minimum atomic E-state index is -1.92. The van der Waals surface area contributed by atoms with Gasteiger partial charge in [0.1, 0.15) is 0 Å². The lowest BCUT2D eigenvalue weighted by Crippen LogP contribution is -2.64. The molecule has 3 N–H and O–H groups in total. The fourth-order valence-corrected chi connectivity index (χ4v) is 3.98. The molecule has 2 aromatic rings. The zero-order valence-corrected chi connectivity index (χ0v) is 19.8. The molecule has 9 heteroatoms. The molecule has 0 aromatic heterocycles. The van der Waals surface area contributed by atoms with Gasteiger partial charge in [0.25, 0.3) is 17.7 Å². The van der Waals surface area contributed by atoms with Crippen molar-refractivity contribution in [3.63, 3.8) is 0 Å². The van der Waals surface area contributed by atoms with Crippen LogP contribution in [0.25, 0.3) is 11.1 Å². The van der Waals surface area contributed by atoms with E-state index in [-0.39, 0.29) is 0 Å². The van der Waals surface area contributed by atoms with Gasteiger partial charge < -0.3 is 15.0 Å². The molecule has 2 aromatic carbocycles. The van der Waals surface area contributed by atoms with Crippen molar-refractivity contribution in [3.8, 4) is 11.1 Å². The largest absolute Gasteiger partial charge is 0.380 e. The topological polar surface area (TPSA) is 111 Å². The van der Waals surface area contributed by atoms with Crippen LogP contribution < -0.4 is 10.8 Å². The van der Waals surface area contributed by atoms with E-state index in [1.54, 1.807) is 12.1 Å². The SMILES string of the molecule is CNC(=O)[C@](C)(C(=O)NO)N(C)C(=O)c1ccc(-c2ccc(CN3CCCOCC3)cc2)cc1. The van der Waals surface area contributed by atoms with Crippen LogP contribution in [0.3, 0.4) is 0 Å². The number of hydrogen-bond acceptors (Lipinski definition) is 6. The Kier molecular flexibility index (Phi) is 8.38. The molecule has 0 saturated carbocycles. The standard InChI is InChI=1S/C25H32N4O5/c1-25(23(31)26-2,24(32)27-33)28(3)22(30)21-11-9-20(10-12-21)19-7-5-18(6-8-19)17-29-13-4-15-34-16-14-29/h5-12,33H,4,13-17H2,1-3H3,(H,26,31)(H,27,32)/t25-/m1/s1. The summed E-state index contributed by atoms with van der Waals surface area (Å²) in [5, 5.41) is 11.4. The van der Waals surface area contributed by atoms with Crippen LogP contribution in [0.5, 0.6) is 0 Å². The first-order valence-corrected chi connectivity index (χ1v) is 11.3. The molecule has 0 unspecified atom stereocenters. The Balaban J connectivity index is 1.72. The number of carbonyl (C=O) groups excluding carboxylic acids is 3. The van der Waals surface area contributed by atoms with E-state index in [1.165, 1.54) is 32.1 Å². The van der Waals surface area contributed by atoms with Crippen molar-refractivity contribution in [2.24, 2.45) is 0 Å². The van der Waals surface area contributed by atoms with E-state index < -0.39 is 23.3 Å². The van der Waals surface area contributed by atoms with Crippen molar-refractivity contribution in [2.45, 2.75) is 25.4 Å². The van der Waals surface area contributed by atoms with E-state index >= 15 is 0 Å². The Bertz CT molecular complexity index is 983. The number of hydroxylamine groups is 1. The number of carbonyl (C=O) groups is 3. The summed E-state index contributed by atoms with van der Waals surface area (Å²) in [6, 6.07) is 15.3. The van der Waals surface area contributed by atoms with Gasteiger partial charge in [-0.25, -0.2) is 5.48 Å². The van der Waals surface area contributed by atoms with Crippen LogP contribution in [0, 0.1) is 0 Å². The third kappa shape index (κ3) is 5.44. The number of hydrogen-bond donors (Lipinski definition) is 3. The van der Waals surface area contributed by atoms with Gasteiger partial charge in [0.05, 0.1) is 6.61 Å². The number of amides is 3. The summed E-state index contributed by atoms with van der Waals surface area (Å²) in [5.74, 6) is -2.26. The molecule has 0 aliphatic carbocycles. The predicted octanol–water partition coefficient (Wildman–Crippen LogP) is 1.66. The van der Waals surface area contributed by atoms with Crippen LogP contribution in [-0.4, -0.2) is 78.7 Å². The predicted molar refractivity (Wildman–Crippen MR) is 127 cm³/mol. The monoisotopic (exact) mass is 468 g/mol. The first-order chi connectivity index (χ1) is 16.3. The Morgan fingerprint density at radius 1 is 1.00 bits per heavy atom. The van der Waals surface area contributed by atoms with E-state index in [2.05, 4.69) is 34.5 Å². The highest BCUT2D eigenvalue weighted by Gasteiger charge is 2.47. The summed E-state index contributed by atoms with van der Waals surface area (Å²) < 4.78 is 5.51. The number of nitrogens with one attached hydrogen (secondary N) is 2. The molecule has 3 rings (SSSR count). The average Bonchev–Trinajstić information content (AvgIpc) is 3.15. The Morgan fingerprint density at radius 3 is 2.21 bits per heavy atom. The maximum absolute atomic E-state index is 13.0. The zero-order valence-electron chi connectivity index (χ0n) is 19.8. The molecule has 3 amide bonds. The van der Waals surface area contributed by atoms with Crippen LogP contribution >= 0.6 is 0 Å². The van der Waals surface area contributed by atoms with E-state index in [1.807, 2.05) is 12.1 Å². The highest BCUT2D eigenvalue weighted by molar-refractivity contribution is 6.12. The lowest BCUT2D eigenvalue weighted by molar-refractivity contribution is -0.148. The van der Waals surface area contributed by atoms with Crippen LogP contribution in [0.15, 0.2) is 48.5 Å². The van der Waals surface area contributed by atoms with Crippen molar-refractivity contribution in [1.82, 2.24) is 20.6 Å². The van der Waals surface area contributed by atoms with Gasteiger partial charge in [0.15, 0.2) is 5.54 Å². The summed E-state index contributed by atoms with van der Waals surface area (Å²) in [5.41, 5.74) is 3.05.